The SMILES string of the molecule is CCCCCCCC/C=C\CCCCCCCC(=O)OCC(OCCCN(CC)CC)C(OC(=O)CCCCCCC/C=C\CCCCCCCC)C(N)=O. The molecule has 0 aliphatic rings. The molecular weight excluding hydrogens is 689 g/mol. The molecule has 0 heterocycles. The number of amides is 1. The van der Waals surface area contributed by atoms with E-state index in [2.05, 4.69) is 56.9 Å². The Morgan fingerprint density at radius 1 is 0.527 bits per heavy atom. The Kier molecular flexibility index (Phi) is 39.8. The molecule has 0 bridgehead atoms. The number of ether oxygens (including phenoxy) is 3. The molecule has 0 saturated heterocycles. The van der Waals surface area contributed by atoms with Gasteiger partial charge in [-0.3, -0.25) is 14.4 Å². The van der Waals surface area contributed by atoms with E-state index in [0.29, 0.717) is 19.4 Å². The molecule has 0 fully saturated rings. The molecule has 8 nitrogen and oxygen atoms in total. The van der Waals surface area contributed by atoms with E-state index < -0.39 is 24.1 Å². The standard InChI is InChI=1S/C47H88N2O6/c1-5-9-11-13-15-17-19-21-23-25-27-29-31-33-35-38-44(50)54-42-43(53-41-37-40-49(7-3)8-4)46(47(48)52)55-45(51)39-36-34-32-30-28-26-24-22-20-18-16-14-12-10-6-2/h21-24,43,46H,5-20,25-42H2,1-4H3,(H2,48,52)/b23-21-,24-22-. The summed E-state index contributed by atoms with van der Waals surface area (Å²) in [5.74, 6) is -1.60. The smallest absolute Gasteiger partial charge is 0.306 e. The second-order valence-corrected chi connectivity index (χ2v) is 15.5. The molecule has 0 saturated carbocycles. The molecule has 2 atom stereocenters. The summed E-state index contributed by atoms with van der Waals surface area (Å²) >= 11 is 0. The van der Waals surface area contributed by atoms with Gasteiger partial charge in [-0.2, -0.15) is 0 Å². The monoisotopic (exact) mass is 777 g/mol. The van der Waals surface area contributed by atoms with Crippen molar-refractivity contribution in [3.8, 4) is 0 Å². The first-order chi connectivity index (χ1) is 26.9. The van der Waals surface area contributed by atoms with E-state index in [4.69, 9.17) is 19.9 Å². The average Bonchev–Trinajstić information content (AvgIpc) is 3.18. The third kappa shape index (κ3) is 35.9. The Morgan fingerprint density at radius 3 is 1.35 bits per heavy atom. The van der Waals surface area contributed by atoms with Crippen molar-refractivity contribution in [1.82, 2.24) is 4.90 Å². The normalized spacial score (nSPS) is 12.9. The number of hydrogen-bond donors (Lipinski definition) is 1. The second-order valence-electron chi connectivity index (χ2n) is 15.5. The lowest BCUT2D eigenvalue weighted by atomic mass is 10.1. The highest BCUT2D eigenvalue weighted by atomic mass is 16.6. The zero-order chi connectivity index (χ0) is 40.5. The first-order valence-corrected chi connectivity index (χ1v) is 23.2. The van der Waals surface area contributed by atoms with E-state index in [9.17, 15) is 14.4 Å². The fourth-order valence-electron chi connectivity index (χ4n) is 6.73. The Balaban J connectivity index is 4.49. The maximum Gasteiger partial charge on any atom is 0.306 e. The van der Waals surface area contributed by atoms with Gasteiger partial charge in [0, 0.05) is 26.0 Å². The van der Waals surface area contributed by atoms with Crippen LogP contribution < -0.4 is 5.73 Å². The molecule has 0 aromatic heterocycles. The fraction of sp³-hybridized carbons (Fsp3) is 0.851. The number of allylic oxidation sites excluding steroid dienone is 4. The second kappa shape index (κ2) is 41.4. The third-order valence-electron chi connectivity index (χ3n) is 10.4. The van der Waals surface area contributed by atoms with Crippen molar-refractivity contribution in [2.75, 3.05) is 32.8 Å². The quantitative estimate of drug-likeness (QED) is 0.0373. The zero-order valence-electron chi connectivity index (χ0n) is 36.5. The number of rotatable bonds is 42. The van der Waals surface area contributed by atoms with Gasteiger partial charge in [-0.25, -0.2) is 0 Å². The van der Waals surface area contributed by atoms with E-state index in [1.807, 2.05) is 0 Å². The van der Waals surface area contributed by atoms with Crippen LogP contribution in [-0.4, -0.2) is 67.8 Å². The van der Waals surface area contributed by atoms with E-state index in [0.717, 1.165) is 90.3 Å². The van der Waals surface area contributed by atoms with Gasteiger partial charge in [0.2, 0.25) is 6.10 Å². The largest absolute Gasteiger partial charge is 0.463 e. The minimum atomic E-state index is -1.31. The van der Waals surface area contributed by atoms with Crippen molar-refractivity contribution >= 4 is 17.8 Å². The van der Waals surface area contributed by atoms with E-state index in [1.54, 1.807) is 0 Å². The number of primary amides is 1. The van der Waals surface area contributed by atoms with Gasteiger partial charge in [0.25, 0.3) is 5.91 Å². The van der Waals surface area contributed by atoms with Gasteiger partial charge in [-0.1, -0.05) is 155 Å². The molecule has 322 valence electrons. The van der Waals surface area contributed by atoms with Gasteiger partial charge >= 0.3 is 11.9 Å². The molecule has 0 rings (SSSR count). The van der Waals surface area contributed by atoms with Gasteiger partial charge in [0.05, 0.1) is 0 Å². The lowest BCUT2D eigenvalue weighted by Gasteiger charge is -2.25. The molecule has 0 aromatic carbocycles. The molecule has 55 heavy (non-hydrogen) atoms. The summed E-state index contributed by atoms with van der Waals surface area (Å²) in [6, 6.07) is 0. The highest BCUT2D eigenvalue weighted by Crippen LogP contribution is 2.15. The molecular formula is C47H88N2O6. The minimum absolute atomic E-state index is 0.177. The summed E-state index contributed by atoms with van der Waals surface area (Å²) in [5, 5.41) is 0. The average molecular weight is 777 g/mol. The first kappa shape index (κ1) is 52.8. The summed E-state index contributed by atoms with van der Waals surface area (Å²) in [4.78, 5) is 40.2. The summed E-state index contributed by atoms with van der Waals surface area (Å²) in [5.41, 5.74) is 5.72. The van der Waals surface area contributed by atoms with Crippen LogP contribution in [0, 0.1) is 0 Å². The molecule has 8 heteroatoms. The minimum Gasteiger partial charge on any atom is -0.463 e. The van der Waals surface area contributed by atoms with E-state index in [-0.39, 0.29) is 19.0 Å². The van der Waals surface area contributed by atoms with Crippen LogP contribution in [0.15, 0.2) is 24.3 Å². The van der Waals surface area contributed by atoms with Crippen LogP contribution in [0.4, 0.5) is 0 Å². The molecule has 1 amide bonds. The molecule has 2 N–H and O–H groups in total. The van der Waals surface area contributed by atoms with Crippen LogP contribution in [0.25, 0.3) is 0 Å². The van der Waals surface area contributed by atoms with Crippen molar-refractivity contribution in [1.29, 1.82) is 0 Å². The maximum absolute atomic E-state index is 12.8. The Bertz CT molecular complexity index is 934. The summed E-state index contributed by atoms with van der Waals surface area (Å²) in [7, 11) is 0. The zero-order valence-corrected chi connectivity index (χ0v) is 36.5. The van der Waals surface area contributed by atoms with Crippen molar-refractivity contribution in [2.24, 2.45) is 5.73 Å². The topological polar surface area (TPSA) is 108 Å². The van der Waals surface area contributed by atoms with Gasteiger partial charge in [0.1, 0.15) is 12.7 Å². The fourth-order valence-corrected chi connectivity index (χ4v) is 6.73. The van der Waals surface area contributed by atoms with Crippen molar-refractivity contribution in [2.45, 2.75) is 226 Å². The number of nitrogens with two attached hydrogens (primary N) is 1. The number of hydrogen-bond acceptors (Lipinski definition) is 7. The van der Waals surface area contributed by atoms with E-state index in [1.165, 1.54) is 96.3 Å². The van der Waals surface area contributed by atoms with Crippen LogP contribution in [0.3, 0.4) is 0 Å². The Morgan fingerprint density at radius 2 is 0.927 bits per heavy atom. The molecule has 0 spiro atoms. The summed E-state index contributed by atoms with van der Waals surface area (Å²) < 4.78 is 17.2. The van der Waals surface area contributed by atoms with Crippen LogP contribution in [0.1, 0.15) is 214 Å². The van der Waals surface area contributed by atoms with Crippen molar-refractivity contribution < 1.29 is 28.6 Å². The number of carbonyl (C=O) groups is 3. The number of carbonyl (C=O) groups excluding carboxylic acids is 3. The highest BCUT2D eigenvalue weighted by Gasteiger charge is 2.32. The van der Waals surface area contributed by atoms with Gasteiger partial charge in [0.15, 0.2) is 0 Å². The lowest BCUT2D eigenvalue weighted by Crippen LogP contribution is -2.46. The third-order valence-corrected chi connectivity index (χ3v) is 10.4. The van der Waals surface area contributed by atoms with Crippen molar-refractivity contribution in [3.63, 3.8) is 0 Å². The van der Waals surface area contributed by atoms with Crippen LogP contribution in [0.2, 0.25) is 0 Å². The van der Waals surface area contributed by atoms with Crippen LogP contribution in [0.5, 0.6) is 0 Å². The predicted molar refractivity (Wildman–Crippen MR) is 231 cm³/mol. The maximum atomic E-state index is 12.8. The Labute approximate surface area is 339 Å². The Hall–Kier alpha value is -2.19. The molecule has 2 unspecified atom stereocenters. The highest BCUT2D eigenvalue weighted by molar-refractivity contribution is 5.83. The predicted octanol–water partition coefficient (Wildman–Crippen LogP) is 12.1. The van der Waals surface area contributed by atoms with Gasteiger partial charge in [-0.15, -0.1) is 0 Å². The molecule has 0 aliphatic heterocycles. The molecule has 0 aromatic rings. The molecule has 0 radical (unpaired) electrons. The summed E-state index contributed by atoms with van der Waals surface area (Å²) in [6.45, 7) is 11.6. The number of esters is 2. The summed E-state index contributed by atoms with van der Waals surface area (Å²) in [6.07, 6.45) is 39.1. The lowest BCUT2D eigenvalue weighted by molar-refractivity contribution is -0.171. The first-order valence-electron chi connectivity index (χ1n) is 23.2. The molecule has 0 aliphatic carbocycles. The van der Waals surface area contributed by atoms with Crippen LogP contribution >= 0.6 is 0 Å². The van der Waals surface area contributed by atoms with Gasteiger partial charge in [-0.05, 0) is 83.7 Å². The number of unbranched alkanes of at least 4 members (excludes halogenated alkanes) is 22. The van der Waals surface area contributed by atoms with Crippen LogP contribution in [-0.2, 0) is 28.6 Å². The number of nitrogens with zero attached hydrogens (tertiary/aromatic N) is 1. The van der Waals surface area contributed by atoms with Crippen molar-refractivity contribution in [3.05, 3.63) is 24.3 Å². The van der Waals surface area contributed by atoms with Gasteiger partial charge < -0.3 is 24.8 Å². The van der Waals surface area contributed by atoms with E-state index >= 15 is 0 Å².